The van der Waals surface area contributed by atoms with E-state index >= 15 is 0 Å². The molecule has 0 amide bonds. The van der Waals surface area contributed by atoms with E-state index in [1.807, 2.05) is 0 Å². The molecule has 0 aromatic heterocycles. The van der Waals surface area contributed by atoms with Gasteiger partial charge in [0.1, 0.15) is 0 Å². The molecule has 90 valence electrons. The fourth-order valence-electron chi connectivity index (χ4n) is 2.13. The Bertz CT molecular complexity index is 493. The first-order chi connectivity index (χ1) is 7.97. The quantitative estimate of drug-likeness (QED) is 0.616. The van der Waals surface area contributed by atoms with Crippen molar-refractivity contribution in [1.82, 2.24) is 0 Å². The van der Waals surface area contributed by atoms with Gasteiger partial charge in [0.2, 0.25) is 0 Å². The van der Waals surface area contributed by atoms with Gasteiger partial charge in [-0.05, 0) is 24.5 Å². The first-order valence-corrected chi connectivity index (χ1v) is 5.19. The molecule has 1 fully saturated rings. The van der Waals surface area contributed by atoms with Crippen LogP contribution < -0.4 is 0 Å². The number of hydrogen-bond donors (Lipinski definition) is 2. The van der Waals surface area contributed by atoms with Crippen molar-refractivity contribution in [2.24, 2.45) is 0 Å². The molecule has 1 saturated carbocycles. The lowest BCUT2D eigenvalue weighted by Crippen LogP contribution is -2.42. The second kappa shape index (κ2) is 3.73. The van der Waals surface area contributed by atoms with Crippen molar-refractivity contribution < 1.29 is 19.9 Å². The summed E-state index contributed by atoms with van der Waals surface area (Å²) in [6.07, 6.45) is 1.81. The Morgan fingerprint density at radius 2 is 2.06 bits per heavy atom. The third-order valence-electron chi connectivity index (χ3n) is 3.34. The number of carboxylic acid groups (broad SMARTS) is 1. The number of nitro benzene ring substituents is 1. The Kier molecular flexibility index (Phi) is 2.49. The highest BCUT2D eigenvalue weighted by atomic mass is 16.6. The molecular formula is C11H11NO5. The SMILES string of the molecule is O=C(O)C1(c2ccc([N+](=O)[O-])c(O)c2)CCC1. The number of aromatic hydroxyl groups is 1. The van der Waals surface area contributed by atoms with E-state index < -0.39 is 27.7 Å². The second-order valence-corrected chi connectivity index (χ2v) is 4.20. The first-order valence-electron chi connectivity index (χ1n) is 5.19. The Labute approximate surface area is 96.7 Å². The maximum Gasteiger partial charge on any atom is 0.314 e. The van der Waals surface area contributed by atoms with Crippen molar-refractivity contribution in [2.75, 3.05) is 0 Å². The zero-order valence-electron chi connectivity index (χ0n) is 8.92. The molecule has 1 aliphatic rings. The van der Waals surface area contributed by atoms with E-state index in [0.717, 1.165) is 12.5 Å². The molecular weight excluding hydrogens is 226 g/mol. The van der Waals surface area contributed by atoms with Crippen LogP contribution in [0.3, 0.4) is 0 Å². The Balaban J connectivity index is 2.44. The number of phenolic OH excluding ortho intramolecular Hbond substituents is 1. The second-order valence-electron chi connectivity index (χ2n) is 4.20. The summed E-state index contributed by atoms with van der Waals surface area (Å²) < 4.78 is 0. The summed E-state index contributed by atoms with van der Waals surface area (Å²) in [5.74, 6) is -1.43. The van der Waals surface area contributed by atoms with Gasteiger partial charge in [-0.1, -0.05) is 12.5 Å². The number of rotatable bonds is 3. The molecule has 0 bridgehead atoms. The summed E-state index contributed by atoms with van der Waals surface area (Å²) in [6.45, 7) is 0. The maximum absolute atomic E-state index is 11.2. The van der Waals surface area contributed by atoms with Crippen molar-refractivity contribution in [3.63, 3.8) is 0 Å². The minimum Gasteiger partial charge on any atom is -0.502 e. The fraction of sp³-hybridized carbons (Fsp3) is 0.364. The maximum atomic E-state index is 11.2. The van der Waals surface area contributed by atoms with Crippen molar-refractivity contribution in [1.29, 1.82) is 0 Å². The number of phenols is 1. The van der Waals surface area contributed by atoms with Crippen LogP contribution in [0.1, 0.15) is 24.8 Å². The van der Waals surface area contributed by atoms with Gasteiger partial charge in [0.25, 0.3) is 0 Å². The highest BCUT2D eigenvalue weighted by Gasteiger charge is 2.46. The van der Waals surface area contributed by atoms with Gasteiger partial charge in [0.05, 0.1) is 10.3 Å². The molecule has 0 aliphatic heterocycles. The highest BCUT2D eigenvalue weighted by Crippen LogP contribution is 2.45. The van der Waals surface area contributed by atoms with Gasteiger partial charge in [-0.3, -0.25) is 14.9 Å². The van der Waals surface area contributed by atoms with Crippen molar-refractivity contribution in [3.8, 4) is 5.75 Å². The average Bonchev–Trinajstić information content (AvgIpc) is 2.14. The lowest BCUT2D eigenvalue weighted by Gasteiger charge is -2.38. The zero-order chi connectivity index (χ0) is 12.6. The van der Waals surface area contributed by atoms with Crippen LogP contribution in [0.25, 0.3) is 0 Å². The lowest BCUT2D eigenvalue weighted by molar-refractivity contribution is -0.385. The lowest BCUT2D eigenvalue weighted by atomic mass is 9.64. The molecule has 1 aliphatic carbocycles. The molecule has 1 aromatic carbocycles. The van der Waals surface area contributed by atoms with Crippen LogP contribution in [0, 0.1) is 10.1 Å². The third kappa shape index (κ3) is 1.61. The topological polar surface area (TPSA) is 101 Å². The van der Waals surface area contributed by atoms with Crippen molar-refractivity contribution in [3.05, 3.63) is 33.9 Å². The number of nitro groups is 1. The van der Waals surface area contributed by atoms with Gasteiger partial charge in [0.15, 0.2) is 5.75 Å². The van der Waals surface area contributed by atoms with Gasteiger partial charge in [0, 0.05) is 6.07 Å². The van der Waals surface area contributed by atoms with Gasteiger partial charge >= 0.3 is 11.7 Å². The van der Waals surface area contributed by atoms with Crippen LogP contribution >= 0.6 is 0 Å². The summed E-state index contributed by atoms with van der Waals surface area (Å²) in [7, 11) is 0. The number of aliphatic carboxylic acids is 1. The fourth-order valence-corrected chi connectivity index (χ4v) is 2.13. The summed E-state index contributed by atoms with van der Waals surface area (Å²) in [5.41, 5.74) is -0.958. The molecule has 0 spiro atoms. The van der Waals surface area contributed by atoms with Crippen LogP contribution in [0.2, 0.25) is 0 Å². The summed E-state index contributed by atoms with van der Waals surface area (Å²) in [4.78, 5) is 21.0. The van der Waals surface area contributed by atoms with Gasteiger partial charge < -0.3 is 10.2 Å². The largest absolute Gasteiger partial charge is 0.502 e. The average molecular weight is 237 g/mol. The van der Waals surface area contributed by atoms with E-state index in [1.165, 1.54) is 12.1 Å². The van der Waals surface area contributed by atoms with E-state index in [9.17, 15) is 25.1 Å². The standard InChI is InChI=1S/C11H11NO5/c13-9-6-7(2-3-8(9)12(16)17)11(10(14)15)4-1-5-11/h2-3,6,13H,1,4-5H2,(H,14,15). The molecule has 1 aromatic rings. The predicted molar refractivity (Wildman–Crippen MR) is 57.9 cm³/mol. The van der Waals surface area contributed by atoms with Gasteiger partial charge in [-0.15, -0.1) is 0 Å². The van der Waals surface area contributed by atoms with Gasteiger partial charge in [-0.25, -0.2) is 0 Å². The molecule has 0 unspecified atom stereocenters. The molecule has 2 N–H and O–H groups in total. The van der Waals surface area contributed by atoms with Crippen LogP contribution in [0.15, 0.2) is 18.2 Å². The minimum absolute atomic E-state index is 0.409. The van der Waals surface area contributed by atoms with Crippen LogP contribution in [-0.4, -0.2) is 21.1 Å². The third-order valence-corrected chi connectivity index (χ3v) is 3.34. The molecule has 2 rings (SSSR count). The molecule has 6 nitrogen and oxygen atoms in total. The van der Waals surface area contributed by atoms with E-state index in [-0.39, 0.29) is 0 Å². The van der Waals surface area contributed by atoms with Crippen LogP contribution in [-0.2, 0) is 10.2 Å². The summed E-state index contributed by atoms with van der Waals surface area (Å²) in [6, 6.07) is 3.74. The number of benzene rings is 1. The Morgan fingerprint density at radius 3 is 2.41 bits per heavy atom. The Morgan fingerprint density at radius 1 is 1.41 bits per heavy atom. The molecule has 0 radical (unpaired) electrons. The molecule has 6 heteroatoms. The number of hydrogen-bond acceptors (Lipinski definition) is 4. The molecule has 0 heterocycles. The van der Waals surface area contributed by atoms with Gasteiger partial charge in [-0.2, -0.15) is 0 Å². The smallest absolute Gasteiger partial charge is 0.314 e. The molecule has 0 atom stereocenters. The zero-order valence-corrected chi connectivity index (χ0v) is 8.92. The molecule has 17 heavy (non-hydrogen) atoms. The van der Waals surface area contributed by atoms with E-state index in [2.05, 4.69) is 0 Å². The van der Waals surface area contributed by atoms with Crippen LogP contribution in [0.4, 0.5) is 5.69 Å². The summed E-state index contributed by atoms with van der Waals surface area (Å²) >= 11 is 0. The van der Waals surface area contributed by atoms with Crippen LogP contribution in [0.5, 0.6) is 5.75 Å². The highest BCUT2D eigenvalue weighted by molar-refractivity contribution is 5.83. The molecule has 0 saturated heterocycles. The normalized spacial score (nSPS) is 17.2. The van der Waals surface area contributed by atoms with E-state index in [4.69, 9.17) is 0 Å². The van der Waals surface area contributed by atoms with Crippen molar-refractivity contribution in [2.45, 2.75) is 24.7 Å². The van der Waals surface area contributed by atoms with Crippen molar-refractivity contribution >= 4 is 11.7 Å². The Hall–Kier alpha value is -2.11. The number of nitrogens with zero attached hydrogens (tertiary/aromatic N) is 1. The van der Waals surface area contributed by atoms with E-state index in [1.54, 1.807) is 0 Å². The summed E-state index contributed by atoms with van der Waals surface area (Å²) in [5, 5.41) is 29.2. The minimum atomic E-state index is -0.980. The first kappa shape index (κ1) is 11.4. The predicted octanol–water partition coefficient (Wildman–Crippen LogP) is 1.81. The number of carboxylic acids is 1. The number of carbonyl (C=O) groups is 1. The van der Waals surface area contributed by atoms with E-state index in [0.29, 0.717) is 18.4 Å². The monoisotopic (exact) mass is 237 g/mol.